The summed E-state index contributed by atoms with van der Waals surface area (Å²) >= 11 is 0. The summed E-state index contributed by atoms with van der Waals surface area (Å²) in [4.78, 5) is 4.18. The van der Waals surface area contributed by atoms with Crippen LogP contribution in [0.2, 0.25) is 0 Å². The van der Waals surface area contributed by atoms with Crippen molar-refractivity contribution in [2.75, 3.05) is 0 Å². The molecular weight excluding hydrogens is 200 g/mol. The molecule has 0 aliphatic heterocycles. The van der Waals surface area contributed by atoms with Gasteiger partial charge in [0.05, 0.1) is 0 Å². The van der Waals surface area contributed by atoms with E-state index >= 15 is 0 Å². The van der Waals surface area contributed by atoms with Gasteiger partial charge in [-0.25, -0.2) is 4.98 Å². The molecule has 0 unspecified atom stereocenters. The molecule has 1 heterocycles. The third-order valence-electron chi connectivity index (χ3n) is 2.31. The maximum absolute atomic E-state index is 5.68. The lowest BCUT2D eigenvalue weighted by molar-refractivity contribution is 0.458. The molecule has 0 aliphatic carbocycles. The predicted octanol–water partition coefficient (Wildman–Crippen LogP) is 2.64. The van der Waals surface area contributed by atoms with Crippen molar-refractivity contribution >= 4 is 0 Å². The van der Waals surface area contributed by atoms with Crippen molar-refractivity contribution in [2.24, 2.45) is 5.73 Å². The lowest BCUT2D eigenvalue weighted by Gasteiger charge is -2.07. The number of nitrogens with zero attached hydrogens (tertiary/aromatic N) is 1. The third-order valence-corrected chi connectivity index (χ3v) is 2.31. The highest BCUT2D eigenvalue weighted by atomic mass is 16.5. The maximum atomic E-state index is 5.68. The average molecular weight is 214 g/mol. The minimum absolute atomic E-state index is 0.512. The second kappa shape index (κ2) is 4.77. The number of benzene rings is 1. The van der Waals surface area contributed by atoms with Crippen LogP contribution in [0.1, 0.15) is 11.1 Å². The molecule has 1 aromatic carbocycles. The van der Waals surface area contributed by atoms with Gasteiger partial charge in [-0.2, -0.15) is 0 Å². The lowest BCUT2D eigenvalue weighted by Crippen LogP contribution is -1.96. The molecule has 0 aliphatic rings. The largest absolute Gasteiger partial charge is 0.439 e. The highest BCUT2D eigenvalue weighted by molar-refractivity contribution is 5.34. The van der Waals surface area contributed by atoms with Crippen LogP contribution in [0.5, 0.6) is 11.6 Å². The first-order chi connectivity index (χ1) is 7.79. The summed E-state index contributed by atoms with van der Waals surface area (Å²) in [7, 11) is 0. The summed E-state index contributed by atoms with van der Waals surface area (Å²) in [5.41, 5.74) is 7.63. The minimum Gasteiger partial charge on any atom is -0.439 e. The Morgan fingerprint density at radius 3 is 2.88 bits per heavy atom. The van der Waals surface area contributed by atoms with Crippen molar-refractivity contribution in [1.82, 2.24) is 4.98 Å². The molecule has 3 nitrogen and oxygen atoms in total. The van der Waals surface area contributed by atoms with Crippen LogP contribution in [0.25, 0.3) is 0 Å². The molecule has 0 atom stereocenters. The van der Waals surface area contributed by atoms with Gasteiger partial charge in [-0.1, -0.05) is 18.2 Å². The minimum atomic E-state index is 0.512. The fourth-order valence-corrected chi connectivity index (χ4v) is 1.43. The Morgan fingerprint density at radius 2 is 2.12 bits per heavy atom. The molecule has 3 heteroatoms. The van der Waals surface area contributed by atoms with Gasteiger partial charge < -0.3 is 10.5 Å². The Labute approximate surface area is 94.9 Å². The Morgan fingerprint density at radius 1 is 1.25 bits per heavy atom. The van der Waals surface area contributed by atoms with E-state index in [-0.39, 0.29) is 0 Å². The molecule has 0 radical (unpaired) electrons. The van der Waals surface area contributed by atoms with Gasteiger partial charge >= 0.3 is 0 Å². The third kappa shape index (κ3) is 2.38. The molecule has 0 saturated carbocycles. The van der Waals surface area contributed by atoms with Gasteiger partial charge in [0.2, 0.25) is 5.88 Å². The van der Waals surface area contributed by atoms with Gasteiger partial charge in [0.1, 0.15) is 5.75 Å². The van der Waals surface area contributed by atoms with Gasteiger partial charge in [-0.15, -0.1) is 0 Å². The van der Waals surface area contributed by atoms with Crippen LogP contribution < -0.4 is 10.5 Å². The van der Waals surface area contributed by atoms with E-state index in [1.165, 1.54) is 0 Å². The van der Waals surface area contributed by atoms with Crippen molar-refractivity contribution in [1.29, 1.82) is 0 Å². The van der Waals surface area contributed by atoms with E-state index in [1.807, 2.05) is 43.3 Å². The second-order valence-electron chi connectivity index (χ2n) is 3.58. The van der Waals surface area contributed by atoms with E-state index in [0.29, 0.717) is 12.4 Å². The number of aryl methyl sites for hydroxylation is 1. The fraction of sp³-hybridized carbons (Fsp3) is 0.154. The van der Waals surface area contributed by atoms with E-state index in [2.05, 4.69) is 4.98 Å². The summed E-state index contributed by atoms with van der Waals surface area (Å²) in [6.45, 7) is 2.48. The molecule has 82 valence electrons. The zero-order valence-corrected chi connectivity index (χ0v) is 9.18. The van der Waals surface area contributed by atoms with Gasteiger partial charge in [0, 0.05) is 18.3 Å². The Bertz CT molecular complexity index is 483. The molecule has 0 saturated heterocycles. The van der Waals surface area contributed by atoms with E-state index < -0.39 is 0 Å². The smallest absolute Gasteiger partial charge is 0.222 e. The molecule has 2 N–H and O–H groups in total. The highest BCUT2D eigenvalue weighted by Gasteiger charge is 2.02. The van der Waals surface area contributed by atoms with E-state index in [9.17, 15) is 0 Å². The Kier molecular flexibility index (Phi) is 3.17. The SMILES string of the molecule is Cc1cccnc1Oc1cccc(CN)c1. The van der Waals surface area contributed by atoms with E-state index in [4.69, 9.17) is 10.5 Å². The van der Waals surface area contributed by atoms with Crippen molar-refractivity contribution in [3.8, 4) is 11.6 Å². The van der Waals surface area contributed by atoms with E-state index in [0.717, 1.165) is 16.9 Å². The molecule has 0 amide bonds. The Hall–Kier alpha value is -1.87. The molecule has 2 aromatic rings. The van der Waals surface area contributed by atoms with Crippen LogP contribution in [0.15, 0.2) is 42.6 Å². The van der Waals surface area contributed by atoms with Crippen LogP contribution in [0.4, 0.5) is 0 Å². The summed E-state index contributed by atoms with van der Waals surface area (Å²) < 4.78 is 5.68. The summed E-state index contributed by atoms with van der Waals surface area (Å²) in [5, 5.41) is 0. The van der Waals surface area contributed by atoms with Crippen LogP contribution in [-0.4, -0.2) is 4.98 Å². The fourth-order valence-electron chi connectivity index (χ4n) is 1.43. The number of hydrogen-bond donors (Lipinski definition) is 1. The van der Waals surface area contributed by atoms with Gasteiger partial charge in [0.15, 0.2) is 0 Å². The van der Waals surface area contributed by atoms with Crippen LogP contribution in [0, 0.1) is 6.92 Å². The van der Waals surface area contributed by atoms with Crippen LogP contribution in [-0.2, 0) is 6.54 Å². The van der Waals surface area contributed by atoms with Gasteiger partial charge in [-0.05, 0) is 30.7 Å². The number of rotatable bonds is 3. The van der Waals surface area contributed by atoms with Gasteiger partial charge in [-0.3, -0.25) is 0 Å². The molecular formula is C13H14N2O. The number of hydrogen-bond acceptors (Lipinski definition) is 3. The standard InChI is InChI=1S/C13H14N2O/c1-10-4-3-7-15-13(10)16-12-6-2-5-11(8-12)9-14/h2-8H,9,14H2,1H3. The molecule has 0 fully saturated rings. The summed E-state index contributed by atoms with van der Waals surface area (Å²) in [5.74, 6) is 1.40. The molecule has 0 bridgehead atoms. The second-order valence-corrected chi connectivity index (χ2v) is 3.58. The average Bonchev–Trinajstić information content (AvgIpc) is 2.32. The molecule has 1 aromatic heterocycles. The van der Waals surface area contributed by atoms with Crippen molar-refractivity contribution in [3.05, 3.63) is 53.7 Å². The quantitative estimate of drug-likeness (QED) is 0.854. The van der Waals surface area contributed by atoms with E-state index in [1.54, 1.807) is 6.20 Å². The number of pyridine rings is 1. The first kappa shape index (κ1) is 10.6. The molecule has 16 heavy (non-hydrogen) atoms. The van der Waals surface area contributed by atoms with Crippen LogP contribution >= 0.6 is 0 Å². The Balaban J connectivity index is 2.24. The summed E-state index contributed by atoms with van der Waals surface area (Å²) in [6, 6.07) is 11.6. The lowest BCUT2D eigenvalue weighted by atomic mass is 10.2. The topological polar surface area (TPSA) is 48.1 Å². The van der Waals surface area contributed by atoms with Crippen molar-refractivity contribution in [2.45, 2.75) is 13.5 Å². The zero-order chi connectivity index (χ0) is 11.4. The maximum Gasteiger partial charge on any atom is 0.222 e. The number of nitrogens with two attached hydrogens (primary N) is 1. The van der Waals surface area contributed by atoms with Crippen molar-refractivity contribution < 1.29 is 4.74 Å². The van der Waals surface area contributed by atoms with Gasteiger partial charge in [0.25, 0.3) is 0 Å². The number of aromatic nitrogens is 1. The zero-order valence-electron chi connectivity index (χ0n) is 9.18. The highest BCUT2D eigenvalue weighted by Crippen LogP contribution is 2.22. The summed E-state index contributed by atoms with van der Waals surface area (Å²) in [6.07, 6.45) is 1.72. The first-order valence-electron chi connectivity index (χ1n) is 5.18. The predicted molar refractivity (Wildman–Crippen MR) is 63.4 cm³/mol. The first-order valence-corrected chi connectivity index (χ1v) is 5.18. The molecule has 0 spiro atoms. The number of ether oxygens (including phenoxy) is 1. The molecule has 2 rings (SSSR count). The normalized spacial score (nSPS) is 10.1. The van der Waals surface area contributed by atoms with Crippen molar-refractivity contribution in [3.63, 3.8) is 0 Å². The monoisotopic (exact) mass is 214 g/mol. The van der Waals surface area contributed by atoms with Crippen LogP contribution in [0.3, 0.4) is 0 Å².